The van der Waals surface area contributed by atoms with E-state index >= 15 is 0 Å². The van der Waals surface area contributed by atoms with Gasteiger partial charge >= 0.3 is 10.2 Å². The van der Waals surface area contributed by atoms with Crippen LogP contribution < -0.4 is 4.72 Å². The number of hydrogen-bond donors (Lipinski definition) is 1. The number of rotatable bonds is 6. The summed E-state index contributed by atoms with van der Waals surface area (Å²) in [5.41, 5.74) is 0. The van der Waals surface area contributed by atoms with Crippen molar-refractivity contribution in [1.82, 2.24) is 14.3 Å². The van der Waals surface area contributed by atoms with Crippen LogP contribution in [-0.2, 0) is 10.2 Å². The standard InChI is InChI=1S/C9H15ClN4O2S/c1-3-4-7-14(2)17(15,16)13-9-8(10)11-5-6-12-9/h5-6H,3-4,7H2,1-2H3,(H,12,13). The van der Waals surface area contributed by atoms with Crippen molar-refractivity contribution in [2.24, 2.45) is 0 Å². The highest BCUT2D eigenvalue weighted by Gasteiger charge is 2.18. The van der Waals surface area contributed by atoms with E-state index in [-0.39, 0.29) is 11.0 Å². The summed E-state index contributed by atoms with van der Waals surface area (Å²) in [6, 6.07) is 0. The number of unbranched alkanes of at least 4 members (excludes halogenated alkanes) is 1. The minimum absolute atomic E-state index is 0.0277. The lowest BCUT2D eigenvalue weighted by Gasteiger charge is -2.17. The largest absolute Gasteiger partial charge is 0.302 e. The Balaban J connectivity index is 2.76. The van der Waals surface area contributed by atoms with Crippen LogP contribution in [0.25, 0.3) is 0 Å². The van der Waals surface area contributed by atoms with E-state index in [0.717, 1.165) is 12.8 Å². The molecule has 0 spiro atoms. The fraction of sp³-hybridized carbons (Fsp3) is 0.556. The lowest BCUT2D eigenvalue weighted by Crippen LogP contribution is -2.33. The van der Waals surface area contributed by atoms with Gasteiger partial charge in [0.05, 0.1) is 0 Å². The first-order valence-electron chi connectivity index (χ1n) is 5.18. The summed E-state index contributed by atoms with van der Waals surface area (Å²) in [4.78, 5) is 7.56. The second kappa shape index (κ2) is 6.13. The molecule has 1 aromatic rings. The van der Waals surface area contributed by atoms with Crippen LogP contribution in [0.2, 0.25) is 5.15 Å². The first-order chi connectivity index (χ1) is 7.97. The van der Waals surface area contributed by atoms with Crippen LogP contribution >= 0.6 is 11.6 Å². The third-order valence-corrected chi connectivity index (χ3v) is 3.85. The average molecular weight is 279 g/mol. The third-order valence-electron chi connectivity index (χ3n) is 2.12. The molecular weight excluding hydrogens is 264 g/mol. The van der Waals surface area contributed by atoms with E-state index in [4.69, 9.17) is 11.6 Å². The van der Waals surface area contributed by atoms with E-state index in [0.29, 0.717) is 6.54 Å². The predicted octanol–water partition coefficient (Wildman–Crippen LogP) is 1.52. The van der Waals surface area contributed by atoms with Gasteiger partial charge in [-0.2, -0.15) is 12.7 Å². The summed E-state index contributed by atoms with van der Waals surface area (Å²) in [5.74, 6) is 0.0394. The van der Waals surface area contributed by atoms with E-state index in [2.05, 4.69) is 14.7 Å². The fourth-order valence-corrected chi connectivity index (χ4v) is 2.22. The molecule has 0 fully saturated rings. The minimum Gasteiger partial charge on any atom is -0.252 e. The maximum atomic E-state index is 11.8. The summed E-state index contributed by atoms with van der Waals surface area (Å²) in [5, 5.41) is 0.0277. The fourth-order valence-electron chi connectivity index (χ4n) is 1.09. The van der Waals surface area contributed by atoms with Crippen LogP contribution in [0, 0.1) is 0 Å². The molecule has 1 aromatic heterocycles. The molecule has 0 radical (unpaired) electrons. The van der Waals surface area contributed by atoms with Gasteiger partial charge in [-0.05, 0) is 6.42 Å². The number of aromatic nitrogens is 2. The second-order valence-corrected chi connectivity index (χ2v) is 5.61. The molecule has 0 saturated carbocycles. The third kappa shape index (κ3) is 4.10. The monoisotopic (exact) mass is 278 g/mol. The second-order valence-electron chi connectivity index (χ2n) is 3.48. The zero-order valence-corrected chi connectivity index (χ0v) is 11.3. The molecule has 0 aliphatic rings. The van der Waals surface area contributed by atoms with E-state index in [1.54, 1.807) is 0 Å². The Bertz CT molecular complexity index is 466. The highest BCUT2D eigenvalue weighted by molar-refractivity contribution is 7.90. The van der Waals surface area contributed by atoms with Gasteiger partial charge in [-0.3, -0.25) is 4.72 Å². The molecule has 1 rings (SSSR count). The Kier molecular flexibility index (Phi) is 5.10. The maximum Gasteiger partial charge on any atom is 0.302 e. The minimum atomic E-state index is -3.61. The number of nitrogens with one attached hydrogen (secondary N) is 1. The number of anilines is 1. The van der Waals surface area contributed by atoms with E-state index in [9.17, 15) is 8.42 Å². The molecule has 17 heavy (non-hydrogen) atoms. The van der Waals surface area contributed by atoms with Crippen LogP contribution in [0.4, 0.5) is 5.82 Å². The van der Waals surface area contributed by atoms with Gasteiger partial charge in [0.1, 0.15) is 0 Å². The summed E-state index contributed by atoms with van der Waals surface area (Å²) >= 11 is 5.72. The molecule has 0 aliphatic carbocycles. The molecule has 8 heteroatoms. The van der Waals surface area contributed by atoms with Crippen molar-refractivity contribution in [2.75, 3.05) is 18.3 Å². The molecular formula is C9H15ClN4O2S. The molecule has 96 valence electrons. The normalized spacial score (nSPS) is 11.8. The number of halogens is 1. The molecule has 0 atom stereocenters. The Hall–Kier alpha value is -0.920. The van der Waals surface area contributed by atoms with Gasteiger partial charge in [0.2, 0.25) is 0 Å². The average Bonchev–Trinajstić information content (AvgIpc) is 2.28. The lowest BCUT2D eigenvalue weighted by atomic mass is 10.3. The lowest BCUT2D eigenvalue weighted by molar-refractivity contribution is 0.463. The van der Waals surface area contributed by atoms with Gasteiger partial charge < -0.3 is 0 Å². The van der Waals surface area contributed by atoms with Crippen molar-refractivity contribution >= 4 is 27.6 Å². The smallest absolute Gasteiger partial charge is 0.252 e. The van der Waals surface area contributed by atoms with Crippen LogP contribution in [-0.4, -0.2) is 36.3 Å². The van der Waals surface area contributed by atoms with Crippen molar-refractivity contribution in [2.45, 2.75) is 19.8 Å². The molecule has 1 heterocycles. The van der Waals surface area contributed by atoms with Gasteiger partial charge in [0.15, 0.2) is 11.0 Å². The van der Waals surface area contributed by atoms with Gasteiger partial charge in [-0.1, -0.05) is 24.9 Å². The van der Waals surface area contributed by atoms with Crippen LogP contribution in [0.1, 0.15) is 19.8 Å². The van der Waals surface area contributed by atoms with Crippen molar-refractivity contribution in [3.8, 4) is 0 Å². The zero-order valence-electron chi connectivity index (χ0n) is 9.72. The van der Waals surface area contributed by atoms with Crippen LogP contribution in [0.5, 0.6) is 0 Å². The predicted molar refractivity (Wildman–Crippen MR) is 67.1 cm³/mol. The molecule has 0 bridgehead atoms. The van der Waals surface area contributed by atoms with Crippen molar-refractivity contribution in [3.63, 3.8) is 0 Å². The number of nitrogens with zero attached hydrogens (tertiary/aromatic N) is 3. The van der Waals surface area contributed by atoms with E-state index in [1.807, 2.05) is 6.92 Å². The summed E-state index contributed by atoms with van der Waals surface area (Å²) in [7, 11) is -2.11. The highest BCUT2D eigenvalue weighted by Crippen LogP contribution is 2.16. The molecule has 6 nitrogen and oxygen atoms in total. The zero-order chi connectivity index (χ0) is 12.9. The Morgan fingerprint density at radius 3 is 2.65 bits per heavy atom. The van der Waals surface area contributed by atoms with E-state index < -0.39 is 10.2 Å². The van der Waals surface area contributed by atoms with Crippen molar-refractivity contribution in [1.29, 1.82) is 0 Å². The molecule has 0 saturated heterocycles. The van der Waals surface area contributed by atoms with Crippen molar-refractivity contribution in [3.05, 3.63) is 17.5 Å². The first-order valence-corrected chi connectivity index (χ1v) is 6.99. The highest BCUT2D eigenvalue weighted by atomic mass is 35.5. The Morgan fingerprint density at radius 1 is 1.41 bits per heavy atom. The van der Waals surface area contributed by atoms with Gasteiger partial charge in [0, 0.05) is 26.0 Å². The van der Waals surface area contributed by atoms with Crippen LogP contribution in [0.3, 0.4) is 0 Å². The Morgan fingerprint density at radius 2 is 2.06 bits per heavy atom. The van der Waals surface area contributed by atoms with Gasteiger partial charge in [-0.25, -0.2) is 9.97 Å². The molecule has 0 unspecified atom stereocenters. The summed E-state index contributed by atoms with van der Waals surface area (Å²) in [6.07, 6.45) is 4.48. The SMILES string of the molecule is CCCCN(C)S(=O)(=O)Nc1nccnc1Cl. The quantitative estimate of drug-likeness (QED) is 0.856. The first kappa shape index (κ1) is 14.1. The maximum absolute atomic E-state index is 11.8. The van der Waals surface area contributed by atoms with Gasteiger partial charge in [-0.15, -0.1) is 0 Å². The summed E-state index contributed by atoms with van der Waals surface area (Å²) in [6.45, 7) is 2.44. The Labute approximate surface area is 106 Å². The topological polar surface area (TPSA) is 75.2 Å². The molecule has 1 N–H and O–H groups in total. The van der Waals surface area contributed by atoms with E-state index in [1.165, 1.54) is 23.7 Å². The molecule has 0 amide bonds. The molecule has 0 aromatic carbocycles. The van der Waals surface area contributed by atoms with Gasteiger partial charge in [0.25, 0.3) is 0 Å². The van der Waals surface area contributed by atoms with Crippen LogP contribution in [0.15, 0.2) is 12.4 Å². The van der Waals surface area contributed by atoms with Crippen molar-refractivity contribution < 1.29 is 8.42 Å². The summed E-state index contributed by atoms with van der Waals surface area (Å²) < 4.78 is 27.2. The number of hydrogen-bond acceptors (Lipinski definition) is 4. The molecule has 0 aliphatic heterocycles.